The molecule has 4 aliphatic carbocycles. The monoisotopic (exact) mass is 433 g/mol. The zero-order valence-electron chi connectivity index (χ0n) is 19.2. The maximum absolute atomic E-state index is 11.5. The van der Waals surface area contributed by atoms with Gasteiger partial charge < -0.3 is 15.3 Å². The fourth-order valence-electron chi connectivity index (χ4n) is 8.86. The van der Waals surface area contributed by atoms with Crippen LogP contribution < -0.4 is 0 Å². The number of carbonyl (C=O) groups is 1. The molecule has 0 aromatic carbocycles. The predicted octanol–water partition coefficient (Wildman–Crippen LogP) is 4.77. The zero-order valence-corrected chi connectivity index (χ0v) is 19.2. The van der Waals surface area contributed by atoms with Gasteiger partial charge in [-0.2, -0.15) is 0 Å². The van der Waals surface area contributed by atoms with Gasteiger partial charge in [0.1, 0.15) is 0 Å². The van der Waals surface area contributed by atoms with Gasteiger partial charge in [0.15, 0.2) is 0 Å². The van der Waals surface area contributed by atoms with E-state index in [1.165, 1.54) is 0 Å². The third-order valence-corrected chi connectivity index (χ3v) is 10.5. The normalized spacial score (nSPS) is 49.8. The van der Waals surface area contributed by atoms with Crippen molar-refractivity contribution < 1.29 is 20.1 Å². The largest absolute Gasteiger partial charge is 0.481 e. The molecule has 0 aliphatic heterocycles. The van der Waals surface area contributed by atoms with E-state index >= 15 is 0 Å². The molecule has 0 bridgehead atoms. The molecule has 0 saturated heterocycles. The van der Waals surface area contributed by atoms with E-state index < -0.39 is 12.1 Å². The summed E-state index contributed by atoms with van der Waals surface area (Å²) in [5, 5.41) is 36.0. The Balaban J connectivity index is 1.59. The molecule has 0 radical (unpaired) electrons. The summed E-state index contributed by atoms with van der Waals surface area (Å²) < 4.78 is 0. The highest BCUT2D eigenvalue weighted by atomic mass is 16.4. The molecule has 7 unspecified atom stereocenters. The van der Waals surface area contributed by atoms with Gasteiger partial charge >= 0.3 is 5.97 Å². The Morgan fingerprint density at radius 3 is 2.58 bits per heavy atom. The second-order valence-electron chi connectivity index (χ2n) is 11.6. The molecule has 31 heavy (non-hydrogen) atoms. The van der Waals surface area contributed by atoms with E-state index in [4.69, 9.17) is 10.6 Å². The summed E-state index contributed by atoms with van der Waals surface area (Å²) in [6.07, 6.45) is 6.24. The summed E-state index contributed by atoms with van der Waals surface area (Å²) in [5.41, 5.74) is 8.68. The summed E-state index contributed by atoms with van der Waals surface area (Å²) in [5.74, 6) is 0.884. The highest BCUT2D eigenvalue weighted by molar-refractivity contribution is 5.66. The average molecular weight is 434 g/mol. The van der Waals surface area contributed by atoms with E-state index in [0.717, 1.165) is 44.9 Å². The lowest BCUT2D eigenvalue weighted by molar-refractivity contribution is -0.202. The molecule has 4 aliphatic rings. The summed E-state index contributed by atoms with van der Waals surface area (Å²) in [6.45, 7) is 6.71. The number of carboxylic acid groups (broad SMARTS) is 1. The Morgan fingerprint density at radius 2 is 1.90 bits per heavy atom. The van der Waals surface area contributed by atoms with Crippen LogP contribution in [0.3, 0.4) is 0 Å². The SMILES string of the molecule is CC(CCC(=O)O)C1CCC2[C@@H]3C(CC(O)C12C)C1(C)CC[C@@H](N=[N+]=[N-])C[C@H]1C[C@@H]3O. The van der Waals surface area contributed by atoms with Crippen molar-refractivity contribution in [1.82, 2.24) is 0 Å². The number of fused-ring (bicyclic) bond motifs is 5. The topological polar surface area (TPSA) is 127 Å². The Bertz CT molecular complexity index is 755. The first kappa shape index (κ1) is 22.9. The fourth-order valence-corrected chi connectivity index (χ4v) is 8.86. The molecule has 4 saturated carbocycles. The third kappa shape index (κ3) is 3.57. The fraction of sp³-hybridized carbons (Fsp3) is 0.958. The predicted molar refractivity (Wildman–Crippen MR) is 117 cm³/mol. The minimum atomic E-state index is -0.756. The number of nitrogens with zero attached hydrogens (tertiary/aromatic N) is 3. The molecule has 4 fully saturated rings. The molecule has 0 aromatic rings. The Hall–Kier alpha value is -1.30. The zero-order chi connectivity index (χ0) is 22.6. The second-order valence-corrected chi connectivity index (χ2v) is 11.6. The standard InChI is InChI=1S/C24H39N3O4/c1-13(4-7-21(30)31)16-5-6-17-22-18(12-20(29)24(16,17)3)23(2)9-8-15(26-27-25)10-14(23)11-19(22)28/h13-20,22,28-29H,4-12H2,1-3H3,(H,30,31)/t13?,14-,15+,16?,17?,18?,19-,20?,22+,23?,24?/m0/s1. The summed E-state index contributed by atoms with van der Waals surface area (Å²) in [6, 6.07) is 0.0246. The number of azide groups is 1. The van der Waals surface area contributed by atoms with Gasteiger partial charge in [0.2, 0.25) is 0 Å². The Labute approximate surface area is 185 Å². The van der Waals surface area contributed by atoms with Crippen molar-refractivity contribution in [3.05, 3.63) is 10.4 Å². The van der Waals surface area contributed by atoms with Gasteiger partial charge in [-0.05, 0) is 103 Å². The lowest BCUT2D eigenvalue weighted by atomic mass is 9.43. The maximum atomic E-state index is 11.5. The van der Waals surface area contributed by atoms with Crippen molar-refractivity contribution in [2.24, 2.45) is 51.5 Å². The number of aliphatic hydroxyl groups excluding tert-OH is 2. The van der Waals surface area contributed by atoms with Crippen LogP contribution in [0.15, 0.2) is 5.11 Å². The Kier molecular flexibility index (Phi) is 6.08. The van der Waals surface area contributed by atoms with Gasteiger partial charge in [0.25, 0.3) is 0 Å². The van der Waals surface area contributed by atoms with Crippen molar-refractivity contribution in [2.45, 2.75) is 96.8 Å². The molecule has 174 valence electrons. The van der Waals surface area contributed by atoms with Crippen LogP contribution in [0.5, 0.6) is 0 Å². The van der Waals surface area contributed by atoms with E-state index in [0.29, 0.717) is 18.3 Å². The molecule has 3 N–H and O–H groups in total. The molecule has 7 heteroatoms. The smallest absolute Gasteiger partial charge is 0.303 e. The van der Waals surface area contributed by atoms with Crippen molar-refractivity contribution in [3.63, 3.8) is 0 Å². The highest BCUT2D eigenvalue weighted by Crippen LogP contribution is 2.68. The summed E-state index contributed by atoms with van der Waals surface area (Å²) in [4.78, 5) is 14.1. The molecular weight excluding hydrogens is 394 g/mol. The van der Waals surface area contributed by atoms with Crippen molar-refractivity contribution in [2.75, 3.05) is 0 Å². The Morgan fingerprint density at radius 1 is 1.16 bits per heavy atom. The van der Waals surface area contributed by atoms with Crippen LogP contribution in [0.1, 0.15) is 78.6 Å². The van der Waals surface area contributed by atoms with E-state index in [1.54, 1.807) is 0 Å². The molecule has 0 spiro atoms. The molecule has 7 nitrogen and oxygen atoms in total. The maximum Gasteiger partial charge on any atom is 0.303 e. The molecule has 0 amide bonds. The van der Waals surface area contributed by atoms with Crippen LogP contribution >= 0.6 is 0 Å². The third-order valence-electron chi connectivity index (χ3n) is 10.5. The van der Waals surface area contributed by atoms with Crippen LogP contribution in [-0.2, 0) is 4.79 Å². The minimum Gasteiger partial charge on any atom is -0.481 e. The van der Waals surface area contributed by atoms with E-state index in [1.807, 2.05) is 0 Å². The van der Waals surface area contributed by atoms with Gasteiger partial charge in [0.05, 0.1) is 12.2 Å². The number of hydrogen-bond acceptors (Lipinski definition) is 4. The van der Waals surface area contributed by atoms with Gasteiger partial charge in [-0.15, -0.1) is 0 Å². The first-order chi connectivity index (χ1) is 14.6. The average Bonchev–Trinajstić information content (AvgIpc) is 3.07. The van der Waals surface area contributed by atoms with Gasteiger partial charge in [-0.1, -0.05) is 25.9 Å². The highest BCUT2D eigenvalue weighted by Gasteiger charge is 2.65. The molecule has 0 heterocycles. The summed E-state index contributed by atoms with van der Waals surface area (Å²) in [7, 11) is 0. The lowest BCUT2D eigenvalue weighted by Crippen LogP contribution is -2.62. The van der Waals surface area contributed by atoms with Gasteiger partial charge in [-0.3, -0.25) is 4.79 Å². The van der Waals surface area contributed by atoms with Crippen LogP contribution in [-0.4, -0.2) is 39.5 Å². The molecule has 0 aromatic heterocycles. The van der Waals surface area contributed by atoms with Gasteiger partial charge in [-0.25, -0.2) is 0 Å². The van der Waals surface area contributed by atoms with Crippen LogP contribution in [0.25, 0.3) is 10.4 Å². The number of aliphatic hydroxyl groups is 2. The van der Waals surface area contributed by atoms with Crippen molar-refractivity contribution >= 4 is 5.97 Å². The van der Waals surface area contributed by atoms with Gasteiger partial charge in [0, 0.05) is 17.4 Å². The van der Waals surface area contributed by atoms with Crippen LogP contribution in [0.4, 0.5) is 0 Å². The first-order valence-corrected chi connectivity index (χ1v) is 12.2. The lowest BCUT2D eigenvalue weighted by Gasteiger charge is -2.63. The van der Waals surface area contributed by atoms with Crippen LogP contribution in [0.2, 0.25) is 0 Å². The first-order valence-electron chi connectivity index (χ1n) is 12.2. The molecular formula is C24H39N3O4. The molecule has 4 rings (SSSR count). The number of rotatable bonds is 5. The number of hydrogen-bond donors (Lipinski definition) is 3. The number of carboxylic acids is 1. The molecule has 11 atom stereocenters. The van der Waals surface area contributed by atoms with E-state index in [-0.39, 0.29) is 53.1 Å². The van der Waals surface area contributed by atoms with E-state index in [9.17, 15) is 15.0 Å². The van der Waals surface area contributed by atoms with Crippen molar-refractivity contribution in [3.8, 4) is 0 Å². The minimum absolute atomic E-state index is 0.0246. The quantitative estimate of drug-likeness (QED) is 0.328. The van der Waals surface area contributed by atoms with Crippen LogP contribution in [0, 0.1) is 46.3 Å². The summed E-state index contributed by atoms with van der Waals surface area (Å²) >= 11 is 0. The second kappa shape index (κ2) is 8.24. The number of aliphatic carboxylic acids is 1. The van der Waals surface area contributed by atoms with Crippen molar-refractivity contribution in [1.29, 1.82) is 0 Å². The van der Waals surface area contributed by atoms with E-state index in [2.05, 4.69) is 30.8 Å².